The SMILES string of the molecule is C/C=C\c1c(/C=C\C)c(C)c2ccccc2c1C. The summed E-state index contributed by atoms with van der Waals surface area (Å²) in [4.78, 5) is 0. The Morgan fingerprint density at radius 1 is 0.722 bits per heavy atom. The highest BCUT2D eigenvalue weighted by Crippen LogP contribution is 2.31. The van der Waals surface area contributed by atoms with Crippen LogP contribution in [0, 0.1) is 13.8 Å². The van der Waals surface area contributed by atoms with Gasteiger partial charge < -0.3 is 0 Å². The van der Waals surface area contributed by atoms with Crippen molar-refractivity contribution in [3.05, 3.63) is 58.7 Å². The molecule has 0 unspecified atom stereocenters. The molecule has 0 amide bonds. The first kappa shape index (κ1) is 12.6. The van der Waals surface area contributed by atoms with Gasteiger partial charge in [0.1, 0.15) is 0 Å². The standard InChI is InChI=1S/C18H20/c1-5-9-15-13(3)17-11-7-8-12-18(17)14(4)16(15)10-6-2/h5-12H,1-4H3/b9-5-,10-6-. The lowest BCUT2D eigenvalue weighted by Crippen LogP contribution is -1.94. The van der Waals surface area contributed by atoms with Gasteiger partial charge in [-0.15, -0.1) is 0 Å². The molecule has 0 N–H and O–H groups in total. The Labute approximate surface area is 110 Å². The van der Waals surface area contributed by atoms with E-state index in [1.54, 1.807) is 0 Å². The van der Waals surface area contributed by atoms with Gasteiger partial charge in [0.25, 0.3) is 0 Å². The predicted octanol–water partition coefficient (Wildman–Crippen LogP) is 5.52. The van der Waals surface area contributed by atoms with Gasteiger partial charge in [0, 0.05) is 0 Å². The van der Waals surface area contributed by atoms with E-state index in [1.165, 1.54) is 33.0 Å². The van der Waals surface area contributed by atoms with E-state index >= 15 is 0 Å². The van der Waals surface area contributed by atoms with Crippen molar-refractivity contribution in [1.82, 2.24) is 0 Å². The number of hydrogen-bond donors (Lipinski definition) is 0. The molecule has 0 aliphatic rings. The molecule has 0 bridgehead atoms. The summed E-state index contributed by atoms with van der Waals surface area (Å²) in [5, 5.41) is 2.72. The van der Waals surface area contributed by atoms with Crippen LogP contribution in [0.5, 0.6) is 0 Å². The van der Waals surface area contributed by atoms with Gasteiger partial charge in [-0.2, -0.15) is 0 Å². The zero-order chi connectivity index (χ0) is 13.1. The first-order chi connectivity index (χ1) is 8.70. The van der Waals surface area contributed by atoms with Crippen molar-refractivity contribution in [2.45, 2.75) is 27.7 Å². The molecule has 0 heteroatoms. The highest BCUT2D eigenvalue weighted by atomic mass is 14.1. The van der Waals surface area contributed by atoms with Crippen molar-refractivity contribution in [2.75, 3.05) is 0 Å². The minimum Gasteiger partial charge on any atom is -0.0870 e. The molecular weight excluding hydrogens is 216 g/mol. The minimum absolute atomic E-state index is 1.34. The van der Waals surface area contributed by atoms with E-state index in [9.17, 15) is 0 Å². The summed E-state index contributed by atoms with van der Waals surface area (Å²) in [7, 11) is 0. The van der Waals surface area contributed by atoms with Crippen LogP contribution in [0.1, 0.15) is 36.1 Å². The van der Waals surface area contributed by atoms with Crippen LogP contribution in [0.15, 0.2) is 36.4 Å². The van der Waals surface area contributed by atoms with Gasteiger partial charge in [-0.1, -0.05) is 48.6 Å². The monoisotopic (exact) mass is 236 g/mol. The highest BCUT2D eigenvalue weighted by Gasteiger charge is 2.10. The molecule has 0 saturated heterocycles. The quantitative estimate of drug-likeness (QED) is 0.643. The van der Waals surface area contributed by atoms with E-state index in [1.807, 2.05) is 0 Å². The van der Waals surface area contributed by atoms with E-state index in [2.05, 4.69) is 76.3 Å². The fourth-order valence-electron chi connectivity index (χ4n) is 2.59. The molecule has 0 aliphatic carbocycles. The Balaban J connectivity index is 2.95. The lowest BCUT2D eigenvalue weighted by Gasteiger charge is -2.15. The molecule has 0 nitrogen and oxygen atoms in total. The molecule has 0 aromatic heterocycles. The zero-order valence-corrected chi connectivity index (χ0v) is 11.6. The van der Waals surface area contributed by atoms with Crippen LogP contribution in [0.3, 0.4) is 0 Å². The molecule has 0 heterocycles. The first-order valence-electron chi connectivity index (χ1n) is 6.48. The second-order valence-electron chi connectivity index (χ2n) is 4.62. The molecule has 2 aromatic carbocycles. The molecule has 0 aliphatic heterocycles. The van der Waals surface area contributed by atoms with Crippen molar-refractivity contribution < 1.29 is 0 Å². The normalized spacial score (nSPS) is 12.0. The molecule has 0 radical (unpaired) electrons. The van der Waals surface area contributed by atoms with Crippen LogP contribution in [0.25, 0.3) is 22.9 Å². The fourth-order valence-corrected chi connectivity index (χ4v) is 2.59. The van der Waals surface area contributed by atoms with Gasteiger partial charge >= 0.3 is 0 Å². The molecule has 92 valence electrons. The third-order valence-corrected chi connectivity index (χ3v) is 3.50. The van der Waals surface area contributed by atoms with E-state index in [4.69, 9.17) is 0 Å². The van der Waals surface area contributed by atoms with Gasteiger partial charge in [0.05, 0.1) is 0 Å². The maximum absolute atomic E-state index is 2.21. The molecule has 0 fully saturated rings. The summed E-state index contributed by atoms with van der Waals surface area (Å²) in [5.74, 6) is 0. The van der Waals surface area contributed by atoms with E-state index in [0.717, 1.165) is 0 Å². The predicted molar refractivity (Wildman–Crippen MR) is 82.8 cm³/mol. The third kappa shape index (κ3) is 1.99. The van der Waals surface area contributed by atoms with Crippen molar-refractivity contribution in [1.29, 1.82) is 0 Å². The molecule has 18 heavy (non-hydrogen) atoms. The largest absolute Gasteiger partial charge is 0.0870 e. The van der Waals surface area contributed by atoms with E-state index in [-0.39, 0.29) is 0 Å². The van der Waals surface area contributed by atoms with Crippen LogP contribution in [-0.4, -0.2) is 0 Å². The summed E-state index contributed by atoms with van der Waals surface area (Å²) in [6.45, 7) is 8.57. The van der Waals surface area contributed by atoms with Gasteiger partial charge in [0.15, 0.2) is 0 Å². The lowest BCUT2D eigenvalue weighted by molar-refractivity contribution is 1.41. The molecular formula is C18H20. The van der Waals surface area contributed by atoms with Gasteiger partial charge in [-0.3, -0.25) is 0 Å². The highest BCUT2D eigenvalue weighted by molar-refractivity contribution is 5.95. The summed E-state index contributed by atoms with van der Waals surface area (Å²) in [5.41, 5.74) is 5.41. The molecule has 0 spiro atoms. The van der Waals surface area contributed by atoms with E-state index in [0.29, 0.717) is 0 Å². The van der Waals surface area contributed by atoms with Crippen molar-refractivity contribution in [2.24, 2.45) is 0 Å². The van der Waals surface area contributed by atoms with Crippen LogP contribution < -0.4 is 0 Å². The van der Waals surface area contributed by atoms with Crippen LogP contribution >= 0.6 is 0 Å². The van der Waals surface area contributed by atoms with Crippen LogP contribution in [0.4, 0.5) is 0 Å². The Morgan fingerprint density at radius 2 is 1.11 bits per heavy atom. The Kier molecular flexibility index (Phi) is 3.66. The fraction of sp³-hybridized carbons (Fsp3) is 0.222. The minimum atomic E-state index is 1.34. The van der Waals surface area contributed by atoms with Crippen molar-refractivity contribution in [3.8, 4) is 0 Å². The Morgan fingerprint density at radius 3 is 1.44 bits per heavy atom. The number of benzene rings is 2. The first-order valence-corrected chi connectivity index (χ1v) is 6.48. The summed E-state index contributed by atoms with van der Waals surface area (Å²) in [6, 6.07) is 8.65. The Bertz CT molecular complexity index is 572. The third-order valence-electron chi connectivity index (χ3n) is 3.50. The van der Waals surface area contributed by atoms with Gasteiger partial charge in [-0.25, -0.2) is 0 Å². The molecule has 0 atom stereocenters. The van der Waals surface area contributed by atoms with Crippen LogP contribution in [-0.2, 0) is 0 Å². The maximum atomic E-state index is 2.21. The Hall–Kier alpha value is -1.82. The van der Waals surface area contributed by atoms with Crippen molar-refractivity contribution in [3.63, 3.8) is 0 Å². The average Bonchev–Trinajstić information content (AvgIpc) is 2.40. The molecule has 0 saturated carbocycles. The second kappa shape index (κ2) is 5.22. The molecule has 2 aromatic rings. The van der Waals surface area contributed by atoms with Gasteiger partial charge in [-0.05, 0) is 60.7 Å². The van der Waals surface area contributed by atoms with Gasteiger partial charge in [0.2, 0.25) is 0 Å². The number of rotatable bonds is 2. The van der Waals surface area contributed by atoms with Crippen LogP contribution in [0.2, 0.25) is 0 Å². The van der Waals surface area contributed by atoms with Crippen molar-refractivity contribution >= 4 is 22.9 Å². The topological polar surface area (TPSA) is 0 Å². The summed E-state index contributed by atoms with van der Waals surface area (Å²) >= 11 is 0. The second-order valence-corrected chi connectivity index (χ2v) is 4.62. The average molecular weight is 236 g/mol. The van der Waals surface area contributed by atoms with E-state index < -0.39 is 0 Å². The number of fused-ring (bicyclic) bond motifs is 1. The summed E-state index contributed by atoms with van der Waals surface area (Å²) < 4.78 is 0. The lowest BCUT2D eigenvalue weighted by atomic mass is 9.90. The number of allylic oxidation sites excluding steroid dienone is 2. The summed E-state index contributed by atoms with van der Waals surface area (Å²) in [6.07, 6.45) is 8.65. The smallest absolute Gasteiger partial charge is 0.0146 e. The molecule has 2 rings (SSSR count). The number of hydrogen-bond acceptors (Lipinski definition) is 0. The maximum Gasteiger partial charge on any atom is -0.0146 e. The number of aryl methyl sites for hydroxylation is 2. The zero-order valence-electron chi connectivity index (χ0n) is 11.6.